The monoisotopic (exact) mass is 366 g/mol. The Morgan fingerprint density at radius 3 is 2.42 bits per heavy atom. The number of hydrogen-bond donors (Lipinski definition) is 0. The third-order valence-corrected chi connectivity index (χ3v) is 5.72. The molecule has 0 saturated carbocycles. The molecule has 0 saturated heterocycles. The normalized spacial score (nSPS) is 11.5. The molecule has 0 fully saturated rings. The fourth-order valence-corrected chi connectivity index (χ4v) is 4.02. The molecule has 0 bridgehead atoms. The summed E-state index contributed by atoms with van der Waals surface area (Å²) in [6.07, 6.45) is 0. The zero-order valence-electron chi connectivity index (χ0n) is 14.8. The van der Waals surface area contributed by atoms with Crippen LogP contribution in [0, 0.1) is 0 Å². The van der Waals surface area contributed by atoms with Crippen molar-refractivity contribution in [2.75, 3.05) is 0 Å². The molecule has 2 heterocycles. The van der Waals surface area contributed by atoms with E-state index in [1.165, 1.54) is 28.0 Å². The predicted octanol–water partition coefficient (Wildman–Crippen LogP) is 2.42. The molecule has 0 amide bonds. The molecule has 0 unspecified atom stereocenters. The summed E-state index contributed by atoms with van der Waals surface area (Å²) in [5.74, 6) is 0.732. The van der Waals surface area contributed by atoms with Gasteiger partial charge in [0, 0.05) is 26.9 Å². The van der Waals surface area contributed by atoms with E-state index in [0.717, 1.165) is 10.3 Å². The van der Waals surface area contributed by atoms with E-state index in [1.807, 2.05) is 19.2 Å². The number of aryl methyl sites for hydroxylation is 2. The van der Waals surface area contributed by atoms with Gasteiger partial charge in [0.25, 0.3) is 5.56 Å². The summed E-state index contributed by atoms with van der Waals surface area (Å²) >= 11 is 1.55. The number of fused-ring (bicyclic) bond motifs is 2. The maximum absolute atomic E-state index is 12.4. The van der Waals surface area contributed by atoms with Crippen LogP contribution in [0.3, 0.4) is 0 Å². The molecule has 132 valence electrons. The lowest BCUT2D eigenvalue weighted by molar-refractivity contribution is 0.705. The van der Waals surface area contributed by atoms with Gasteiger partial charge in [-0.2, -0.15) is 0 Å². The number of nitrogens with zero attached hydrogens (tertiary/aromatic N) is 4. The van der Waals surface area contributed by atoms with Crippen molar-refractivity contribution >= 4 is 33.7 Å². The minimum absolute atomic E-state index is 0.323. The molecule has 0 radical (unpaired) electrons. The van der Waals surface area contributed by atoms with Crippen LogP contribution in [0.15, 0.2) is 57.2 Å². The number of rotatable bonds is 3. The van der Waals surface area contributed by atoms with Gasteiger partial charge in [0.15, 0.2) is 16.3 Å². The molecular formula is C19H18N4O2S. The van der Waals surface area contributed by atoms with Crippen molar-refractivity contribution in [2.24, 2.45) is 21.1 Å². The van der Waals surface area contributed by atoms with Crippen molar-refractivity contribution in [3.63, 3.8) is 0 Å². The minimum atomic E-state index is -0.369. The van der Waals surface area contributed by atoms with Crippen LogP contribution in [0.2, 0.25) is 0 Å². The molecule has 4 rings (SSSR count). The molecule has 2 aromatic carbocycles. The van der Waals surface area contributed by atoms with Crippen LogP contribution in [0.4, 0.5) is 0 Å². The smallest absolute Gasteiger partial charge is 0.316 e. The predicted molar refractivity (Wildman–Crippen MR) is 105 cm³/mol. The molecule has 2 aromatic heterocycles. The van der Waals surface area contributed by atoms with Crippen molar-refractivity contribution < 1.29 is 0 Å². The van der Waals surface area contributed by atoms with Crippen LogP contribution in [0.25, 0.3) is 21.9 Å². The van der Waals surface area contributed by atoms with Gasteiger partial charge in [-0.15, -0.1) is 0 Å². The van der Waals surface area contributed by atoms with Crippen molar-refractivity contribution in [2.45, 2.75) is 10.9 Å². The summed E-state index contributed by atoms with van der Waals surface area (Å²) in [5.41, 5.74) is 1.35. The van der Waals surface area contributed by atoms with Crippen LogP contribution in [0.5, 0.6) is 0 Å². The summed E-state index contributed by atoms with van der Waals surface area (Å²) in [5, 5.41) is 3.13. The van der Waals surface area contributed by atoms with E-state index < -0.39 is 0 Å². The van der Waals surface area contributed by atoms with Crippen LogP contribution < -0.4 is 11.2 Å². The highest BCUT2D eigenvalue weighted by Crippen LogP contribution is 2.25. The summed E-state index contributed by atoms with van der Waals surface area (Å²) in [6, 6.07) is 14.6. The van der Waals surface area contributed by atoms with Gasteiger partial charge in [-0.25, -0.2) is 9.78 Å². The molecule has 0 spiro atoms. The highest BCUT2D eigenvalue weighted by molar-refractivity contribution is 7.98. The number of benzene rings is 2. The van der Waals surface area contributed by atoms with E-state index >= 15 is 0 Å². The minimum Gasteiger partial charge on any atom is -0.316 e. The summed E-state index contributed by atoms with van der Waals surface area (Å²) in [7, 11) is 4.93. The third kappa shape index (κ3) is 2.55. The fraction of sp³-hybridized carbons (Fsp3) is 0.211. The van der Waals surface area contributed by atoms with E-state index in [9.17, 15) is 9.59 Å². The SMILES string of the molecule is Cn1c(=O)c2c(nc(SCc3ccc4ccccc4c3)n2C)n(C)c1=O. The second-order valence-corrected chi connectivity index (χ2v) is 7.24. The molecule has 0 aliphatic rings. The molecular weight excluding hydrogens is 348 g/mol. The lowest BCUT2D eigenvalue weighted by atomic mass is 10.1. The Bertz CT molecular complexity index is 1270. The number of imidazole rings is 1. The molecule has 0 N–H and O–H groups in total. The van der Waals surface area contributed by atoms with Crippen molar-refractivity contribution in [3.8, 4) is 0 Å². The Balaban J connectivity index is 1.72. The first-order chi connectivity index (χ1) is 12.5. The lowest BCUT2D eigenvalue weighted by Gasteiger charge is -2.05. The molecule has 0 aliphatic heterocycles. The summed E-state index contributed by atoms with van der Waals surface area (Å²) in [4.78, 5) is 29.1. The van der Waals surface area contributed by atoms with Gasteiger partial charge in [-0.3, -0.25) is 13.9 Å². The second kappa shape index (κ2) is 6.17. The van der Waals surface area contributed by atoms with Crippen LogP contribution in [-0.2, 0) is 26.9 Å². The van der Waals surface area contributed by atoms with Crippen molar-refractivity contribution in [1.29, 1.82) is 0 Å². The van der Waals surface area contributed by atoms with Gasteiger partial charge < -0.3 is 4.57 Å². The third-order valence-electron chi connectivity index (χ3n) is 4.62. The van der Waals surface area contributed by atoms with Gasteiger partial charge in [-0.1, -0.05) is 54.2 Å². The molecule has 0 aliphatic carbocycles. The zero-order chi connectivity index (χ0) is 18.4. The van der Waals surface area contributed by atoms with Crippen LogP contribution in [-0.4, -0.2) is 18.7 Å². The van der Waals surface area contributed by atoms with Gasteiger partial charge in [0.1, 0.15) is 0 Å². The first-order valence-electron chi connectivity index (χ1n) is 8.20. The Hall–Kier alpha value is -2.80. The molecule has 7 heteroatoms. The maximum atomic E-state index is 12.4. The number of thioether (sulfide) groups is 1. The van der Waals surface area contributed by atoms with Gasteiger partial charge in [0.2, 0.25) is 0 Å². The van der Waals surface area contributed by atoms with Gasteiger partial charge >= 0.3 is 5.69 Å². The average Bonchev–Trinajstić information content (AvgIpc) is 2.99. The Morgan fingerprint density at radius 2 is 1.65 bits per heavy atom. The van der Waals surface area contributed by atoms with Gasteiger partial charge in [-0.05, 0) is 16.3 Å². The van der Waals surface area contributed by atoms with Crippen LogP contribution >= 0.6 is 11.8 Å². The zero-order valence-corrected chi connectivity index (χ0v) is 15.6. The second-order valence-electron chi connectivity index (χ2n) is 6.30. The maximum Gasteiger partial charge on any atom is 0.332 e. The van der Waals surface area contributed by atoms with E-state index in [-0.39, 0.29) is 11.2 Å². The van der Waals surface area contributed by atoms with Crippen LogP contribution in [0.1, 0.15) is 5.56 Å². The summed E-state index contributed by atoms with van der Waals surface area (Å²) in [6.45, 7) is 0. The van der Waals surface area contributed by atoms with Crippen molar-refractivity contribution in [1.82, 2.24) is 18.7 Å². The average molecular weight is 366 g/mol. The largest absolute Gasteiger partial charge is 0.332 e. The summed E-state index contributed by atoms with van der Waals surface area (Å²) < 4.78 is 4.29. The standard InChI is InChI=1S/C19H18N4O2S/c1-21-15-16(22(2)19(25)23(3)17(15)24)20-18(21)26-11-12-8-9-13-6-4-5-7-14(13)10-12/h4-10H,11H2,1-3H3. The van der Waals surface area contributed by atoms with Crippen molar-refractivity contribution in [3.05, 3.63) is 68.9 Å². The van der Waals surface area contributed by atoms with Gasteiger partial charge in [0.05, 0.1) is 0 Å². The Kier molecular flexibility index (Phi) is 3.96. The van der Waals surface area contributed by atoms with E-state index in [0.29, 0.717) is 16.3 Å². The topological polar surface area (TPSA) is 61.8 Å². The Labute approximate surface area is 153 Å². The number of aromatic nitrogens is 4. The fourth-order valence-electron chi connectivity index (χ4n) is 3.10. The molecule has 4 aromatic rings. The van der Waals surface area contributed by atoms with E-state index in [2.05, 4.69) is 35.3 Å². The number of hydrogen-bond acceptors (Lipinski definition) is 4. The van der Waals surface area contributed by atoms with E-state index in [4.69, 9.17) is 0 Å². The highest BCUT2D eigenvalue weighted by Gasteiger charge is 2.17. The highest BCUT2D eigenvalue weighted by atomic mass is 32.2. The molecule has 0 atom stereocenters. The quantitative estimate of drug-likeness (QED) is 0.523. The first-order valence-corrected chi connectivity index (χ1v) is 9.19. The molecule has 6 nitrogen and oxygen atoms in total. The molecule has 26 heavy (non-hydrogen) atoms. The lowest BCUT2D eigenvalue weighted by Crippen LogP contribution is -2.37. The Morgan fingerprint density at radius 1 is 0.923 bits per heavy atom. The van der Waals surface area contributed by atoms with E-state index in [1.54, 1.807) is 23.4 Å². The first kappa shape index (κ1) is 16.7.